The van der Waals surface area contributed by atoms with Crippen molar-refractivity contribution in [2.45, 2.75) is 0 Å². The molecule has 0 aliphatic heterocycles. The molecule has 0 atom stereocenters. The Hall–Kier alpha value is -2.74. The van der Waals surface area contributed by atoms with E-state index in [0.29, 0.717) is 28.6 Å². The zero-order valence-corrected chi connectivity index (χ0v) is 10.7. The van der Waals surface area contributed by atoms with Crippen molar-refractivity contribution in [2.24, 2.45) is 0 Å². The van der Waals surface area contributed by atoms with Gasteiger partial charge < -0.3 is 14.8 Å². The maximum atomic E-state index is 8.95. The second-order valence-electron chi connectivity index (χ2n) is 3.74. The van der Waals surface area contributed by atoms with Crippen LogP contribution >= 0.6 is 0 Å². The minimum Gasteiger partial charge on any atom is -0.497 e. The highest BCUT2D eigenvalue weighted by molar-refractivity contribution is 5.47. The molecule has 2 aromatic rings. The van der Waals surface area contributed by atoms with E-state index in [2.05, 4.69) is 16.4 Å². The van der Waals surface area contributed by atoms with Gasteiger partial charge >= 0.3 is 0 Å². The van der Waals surface area contributed by atoms with E-state index in [4.69, 9.17) is 14.7 Å². The zero-order valence-electron chi connectivity index (χ0n) is 10.7. The van der Waals surface area contributed by atoms with E-state index >= 15 is 0 Å². The Labute approximate surface area is 111 Å². The largest absolute Gasteiger partial charge is 0.497 e. The number of nitrogens with zero attached hydrogens (tertiary/aromatic N) is 2. The minimum atomic E-state index is 0.484. The monoisotopic (exact) mass is 255 g/mol. The van der Waals surface area contributed by atoms with Gasteiger partial charge in [0.25, 0.3) is 0 Å². The van der Waals surface area contributed by atoms with Crippen molar-refractivity contribution in [1.82, 2.24) is 4.98 Å². The van der Waals surface area contributed by atoms with Crippen LogP contribution in [0.1, 0.15) is 5.56 Å². The summed E-state index contributed by atoms with van der Waals surface area (Å²) in [7, 11) is 3.33. The maximum absolute atomic E-state index is 8.95. The summed E-state index contributed by atoms with van der Waals surface area (Å²) < 4.78 is 10.8. The van der Waals surface area contributed by atoms with Crippen LogP contribution in [0.5, 0.6) is 17.2 Å². The van der Waals surface area contributed by atoms with Gasteiger partial charge in [0.05, 0.1) is 18.7 Å². The normalized spacial score (nSPS) is 9.53. The summed E-state index contributed by atoms with van der Waals surface area (Å²) in [5, 5.41) is 11.9. The number of methoxy groups -OCH3 is 1. The number of hydrogen-bond acceptors (Lipinski definition) is 5. The number of nitriles is 1. The lowest BCUT2D eigenvalue weighted by Crippen LogP contribution is -1.93. The highest BCUT2D eigenvalue weighted by Crippen LogP contribution is 2.27. The van der Waals surface area contributed by atoms with Crippen molar-refractivity contribution in [2.75, 3.05) is 19.5 Å². The molecule has 0 saturated heterocycles. The highest BCUT2D eigenvalue weighted by Gasteiger charge is 2.04. The lowest BCUT2D eigenvalue weighted by atomic mass is 10.2. The summed E-state index contributed by atoms with van der Waals surface area (Å²) in [6, 6.07) is 10.6. The Balaban J connectivity index is 2.29. The van der Waals surface area contributed by atoms with E-state index in [-0.39, 0.29) is 0 Å². The molecule has 1 heterocycles. The fourth-order valence-corrected chi connectivity index (χ4v) is 1.56. The molecule has 0 radical (unpaired) electrons. The van der Waals surface area contributed by atoms with Gasteiger partial charge in [0.2, 0.25) is 0 Å². The molecule has 5 heteroatoms. The number of benzene rings is 1. The number of rotatable bonds is 4. The van der Waals surface area contributed by atoms with Gasteiger partial charge in [-0.1, -0.05) is 0 Å². The first-order chi connectivity index (χ1) is 9.25. The van der Waals surface area contributed by atoms with Crippen molar-refractivity contribution >= 4 is 5.82 Å². The number of ether oxygens (including phenoxy) is 2. The van der Waals surface area contributed by atoms with Crippen LogP contribution < -0.4 is 14.8 Å². The molecule has 1 aromatic heterocycles. The topological polar surface area (TPSA) is 67.2 Å². The molecule has 0 unspecified atom stereocenters. The molecule has 0 bridgehead atoms. The molecule has 0 saturated carbocycles. The van der Waals surface area contributed by atoms with E-state index in [1.54, 1.807) is 50.7 Å². The van der Waals surface area contributed by atoms with Crippen molar-refractivity contribution in [3.8, 4) is 23.3 Å². The first-order valence-corrected chi connectivity index (χ1v) is 5.66. The van der Waals surface area contributed by atoms with Gasteiger partial charge in [-0.25, -0.2) is 4.98 Å². The Kier molecular flexibility index (Phi) is 3.84. The molecule has 96 valence electrons. The molecule has 2 rings (SSSR count). The molecular weight excluding hydrogens is 242 g/mol. The lowest BCUT2D eigenvalue weighted by molar-refractivity contribution is 0.409. The zero-order chi connectivity index (χ0) is 13.7. The quantitative estimate of drug-likeness (QED) is 0.909. The van der Waals surface area contributed by atoms with Gasteiger partial charge in [-0.3, -0.25) is 0 Å². The molecular formula is C14H13N3O2. The average Bonchev–Trinajstić information content (AvgIpc) is 2.47. The Morgan fingerprint density at radius 1 is 1.16 bits per heavy atom. The molecule has 0 aliphatic rings. The van der Waals surface area contributed by atoms with Crippen LogP contribution in [0.25, 0.3) is 0 Å². The predicted molar refractivity (Wildman–Crippen MR) is 71.6 cm³/mol. The summed E-state index contributed by atoms with van der Waals surface area (Å²) >= 11 is 0. The van der Waals surface area contributed by atoms with Crippen LogP contribution in [-0.4, -0.2) is 19.1 Å². The summed E-state index contributed by atoms with van der Waals surface area (Å²) in [5.41, 5.74) is 0.484. The van der Waals surface area contributed by atoms with Crippen LogP contribution in [0.3, 0.4) is 0 Å². The first kappa shape index (κ1) is 12.7. The third-order valence-electron chi connectivity index (χ3n) is 2.47. The first-order valence-electron chi connectivity index (χ1n) is 5.66. The van der Waals surface area contributed by atoms with Crippen LogP contribution in [0.4, 0.5) is 5.82 Å². The van der Waals surface area contributed by atoms with E-state index in [1.165, 1.54) is 0 Å². The number of hydrogen-bond donors (Lipinski definition) is 1. The van der Waals surface area contributed by atoms with E-state index in [1.807, 2.05) is 0 Å². The third kappa shape index (κ3) is 3.13. The molecule has 0 fully saturated rings. The Bertz CT molecular complexity index is 620. The standard InChI is InChI=1S/C14H13N3O2/c1-16-14-8-11(3-4-17-14)19-13-6-10(9-15)5-12(7-13)18-2/h3-8H,1-2H3,(H,16,17). The van der Waals surface area contributed by atoms with Gasteiger partial charge in [0.1, 0.15) is 23.1 Å². The van der Waals surface area contributed by atoms with Crippen molar-refractivity contribution in [3.63, 3.8) is 0 Å². The average molecular weight is 255 g/mol. The Morgan fingerprint density at radius 3 is 2.63 bits per heavy atom. The third-order valence-corrected chi connectivity index (χ3v) is 2.47. The molecule has 1 N–H and O–H groups in total. The number of anilines is 1. The smallest absolute Gasteiger partial charge is 0.132 e. The Morgan fingerprint density at radius 2 is 1.95 bits per heavy atom. The summed E-state index contributed by atoms with van der Waals surface area (Å²) in [6.07, 6.45) is 1.65. The second kappa shape index (κ2) is 5.74. The molecule has 1 aromatic carbocycles. The molecule has 0 spiro atoms. The molecule has 0 amide bonds. The SMILES string of the molecule is CNc1cc(Oc2cc(C#N)cc(OC)c2)ccn1. The van der Waals surface area contributed by atoms with Gasteiger partial charge in [-0.05, 0) is 18.2 Å². The second-order valence-corrected chi connectivity index (χ2v) is 3.74. The maximum Gasteiger partial charge on any atom is 0.132 e. The number of pyridine rings is 1. The number of nitrogens with one attached hydrogen (secondary N) is 1. The van der Waals surface area contributed by atoms with Crippen LogP contribution in [0.2, 0.25) is 0 Å². The minimum absolute atomic E-state index is 0.484. The fourth-order valence-electron chi connectivity index (χ4n) is 1.56. The summed E-state index contributed by atoms with van der Waals surface area (Å²) in [6.45, 7) is 0. The van der Waals surface area contributed by atoms with Crippen molar-refractivity contribution in [1.29, 1.82) is 5.26 Å². The lowest BCUT2D eigenvalue weighted by Gasteiger charge is -2.09. The van der Waals surface area contributed by atoms with E-state index in [9.17, 15) is 0 Å². The van der Waals surface area contributed by atoms with Gasteiger partial charge in [0, 0.05) is 25.4 Å². The van der Waals surface area contributed by atoms with Crippen LogP contribution in [-0.2, 0) is 0 Å². The summed E-state index contributed by atoms with van der Waals surface area (Å²) in [4.78, 5) is 4.10. The summed E-state index contributed by atoms with van der Waals surface area (Å²) in [5.74, 6) is 2.47. The molecule has 19 heavy (non-hydrogen) atoms. The molecule has 0 aliphatic carbocycles. The van der Waals surface area contributed by atoms with Crippen molar-refractivity contribution < 1.29 is 9.47 Å². The van der Waals surface area contributed by atoms with Crippen LogP contribution in [0, 0.1) is 11.3 Å². The predicted octanol–water partition coefficient (Wildman–Crippen LogP) is 2.80. The van der Waals surface area contributed by atoms with Gasteiger partial charge in [-0.2, -0.15) is 5.26 Å². The highest BCUT2D eigenvalue weighted by atomic mass is 16.5. The van der Waals surface area contributed by atoms with Gasteiger partial charge in [-0.15, -0.1) is 0 Å². The fraction of sp³-hybridized carbons (Fsp3) is 0.143. The molecule has 5 nitrogen and oxygen atoms in total. The van der Waals surface area contributed by atoms with Crippen molar-refractivity contribution in [3.05, 3.63) is 42.1 Å². The van der Waals surface area contributed by atoms with Gasteiger partial charge in [0.15, 0.2) is 0 Å². The van der Waals surface area contributed by atoms with E-state index in [0.717, 1.165) is 0 Å². The van der Waals surface area contributed by atoms with E-state index < -0.39 is 0 Å². The van der Waals surface area contributed by atoms with Crippen LogP contribution in [0.15, 0.2) is 36.5 Å². The number of aromatic nitrogens is 1.